The topological polar surface area (TPSA) is 49.3 Å². The molecule has 0 radical (unpaired) electrons. The SMILES string of the molecule is O=C(O)c1ccc(Nc2ccccc2C(F)(F)F)c(F)c1. The number of carboxylic acid groups (broad SMARTS) is 1. The second kappa shape index (κ2) is 5.43. The number of benzene rings is 2. The monoisotopic (exact) mass is 299 g/mol. The zero-order chi connectivity index (χ0) is 15.6. The number of aromatic carboxylic acids is 1. The van der Waals surface area contributed by atoms with Crippen LogP contribution in [0.1, 0.15) is 15.9 Å². The molecule has 110 valence electrons. The van der Waals surface area contributed by atoms with Crippen LogP contribution in [0.3, 0.4) is 0 Å². The van der Waals surface area contributed by atoms with Gasteiger partial charge in [0.25, 0.3) is 0 Å². The van der Waals surface area contributed by atoms with Crippen molar-refractivity contribution in [1.82, 2.24) is 0 Å². The van der Waals surface area contributed by atoms with Crippen molar-refractivity contribution < 1.29 is 27.5 Å². The van der Waals surface area contributed by atoms with E-state index in [1.807, 2.05) is 0 Å². The zero-order valence-electron chi connectivity index (χ0n) is 10.4. The maximum absolute atomic E-state index is 13.7. The fourth-order valence-electron chi connectivity index (χ4n) is 1.73. The van der Waals surface area contributed by atoms with E-state index in [2.05, 4.69) is 5.32 Å². The molecule has 3 nitrogen and oxygen atoms in total. The highest BCUT2D eigenvalue weighted by atomic mass is 19.4. The third-order valence-corrected chi connectivity index (χ3v) is 2.72. The predicted octanol–water partition coefficient (Wildman–Crippen LogP) is 4.29. The number of alkyl halides is 3. The summed E-state index contributed by atoms with van der Waals surface area (Å²) < 4.78 is 52.1. The maximum Gasteiger partial charge on any atom is 0.418 e. The molecule has 0 unspecified atom stereocenters. The lowest BCUT2D eigenvalue weighted by molar-refractivity contribution is -0.136. The Kier molecular flexibility index (Phi) is 3.84. The number of para-hydroxylation sites is 1. The van der Waals surface area contributed by atoms with Gasteiger partial charge in [-0.2, -0.15) is 13.2 Å². The molecule has 0 amide bonds. The summed E-state index contributed by atoms with van der Waals surface area (Å²) in [6.07, 6.45) is -4.58. The van der Waals surface area contributed by atoms with Gasteiger partial charge in [-0.3, -0.25) is 0 Å². The van der Waals surface area contributed by atoms with Gasteiger partial charge >= 0.3 is 12.1 Å². The number of hydrogen-bond acceptors (Lipinski definition) is 2. The number of hydrogen-bond donors (Lipinski definition) is 2. The Morgan fingerprint density at radius 3 is 2.29 bits per heavy atom. The van der Waals surface area contributed by atoms with Gasteiger partial charge in [0, 0.05) is 0 Å². The second-order valence-corrected chi connectivity index (χ2v) is 4.17. The van der Waals surface area contributed by atoms with Crippen molar-refractivity contribution in [2.24, 2.45) is 0 Å². The number of carbonyl (C=O) groups is 1. The van der Waals surface area contributed by atoms with Gasteiger partial charge in [0.05, 0.1) is 22.5 Å². The lowest BCUT2D eigenvalue weighted by Gasteiger charge is -2.14. The number of carboxylic acids is 1. The summed E-state index contributed by atoms with van der Waals surface area (Å²) >= 11 is 0. The Balaban J connectivity index is 2.38. The van der Waals surface area contributed by atoms with Crippen molar-refractivity contribution in [2.75, 3.05) is 5.32 Å². The molecule has 0 saturated carbocycles. The Labute approximate surface area is 116 Å². The van der Waals surface area contributed by atoms with Gasteiger partial charge < -0.3 is 10.4 Å². The minimum Gasteiger partial charge on any atom is -0.478 e. The molecular formula is C14H9F4NO2. The number of halogens is 4. The Bertz CT molecular complexity index is 683. The minimum absolute atomic E-state index is 0.239. The molecule has 0 saturated heterocycles. The second-order valence-electron chi connectivity index (χ2n) is 4.17. The van der Waals surface area contributed by atoms with Gasteiger partial charge in [0.2, 0.25) is 0 Å². The molecule has 0 aromatic heterocycles. The molecule has 0 aliphatic heterocycles. The molecular weight excluding hydrogens is 290 g/mol. The molecule has 0 spiro atoms. The molecule has 2 aromatic rings. The van der Waals surface area contributed by atoms with Crippen molar-refractivity contribution in [3.63, 3.8) is 0 Å². The molecule has 0 heterocycles. The van der Waals surface area contributed by atoms with Gasteiger partial charge in [-0.05, 0) is 30.3 Å². The van der Waals surface area contributed by atoms with Gasteiger partial charge in [-0.15, -0.1) is 0 Å². The maximum atomic E-state index is 13.7. The Morgan fingerprint density at radius 2 is 1.71 bits per heavy atom. The van der Waals surface area contributed by atoms with Gasteiger partial charge in [0.1, 0.15) is 5.82 Å². The van der Waals surface area contributed by atoms with E-state index in [1.165, 1.54) is 12.1 Å². The fourth-order valence-corrected chi connectivity index (χ4v) is 1.73. The summed E-state index contributed by atoms with van der Waals surface area (Å²) in [6, 6.07) is 7.54. The summed E-state index contributed by atoms with van der Waals surface area (Å²) in [7, 11) is 0. The highest BCUT2D eigenvalue weighted by molar-refractivity contribution is 5.88. The van der Waals surface area contributed by atoms with Crippen LogP contribution in [0.5, 0.6) is 0 Å². The molecule has 0 bridgehead atoms. The molecule has 0 fully saturated rings. The van der Waals surface area contributed by atoms with Crippen LogP contribution in [-0.2, 0) is 6.18 Å². The van der Waals surface area contributed by atoms with Gasteiger partial charge in [-0.25, -0.2) is 9.18 Å². The minimum atomic E-state index is -4.58. The first kappa shape index (κ1) is 14.8. The zero-order valence-corrected chi connectivity index (χ0v) is 10.4. The molecule has 2 rings (SSSR count). The molecule has 2 aromatic carbocycles. The number of rotatable bonds is 3. The van der Waals surface area contributed by atoms with Crippen LogP contribution in [0, 0.1) is 5.82 Å². The van der Waals surface area contributed by atoms with Crippen molar-refractivity contribution in [3.05, 3.63) is 59.4 Å². The molecule has 2 N–H and O–H groups in total. The molecule has 0 atom stereocenters. The van der Waals surface area contributed by atoms with Crippen LogP contribution in [0.25, 0.3) is 0 Å². The fraction of sp³-hybridized carbons (Fsp3) is 0.0714. The van der Waals surface area contributed by atoms with E-state index in [9.17, 15) is 22.4 Å². The van der Waals surface area contributed by atoms with Crippen molar-refractivity contribution >= 4 is 17.3 Å². The van der Waals surface area contributed by atoms with Crippen LogP contribution in [0.4, 0.5) is 28.9 Å². The highest BCUT2D eigenvalue weighted by Crippen LogP contribution is 2.36. The molecule has 0 aliphatic carbocycles. The Hall–Kier alpha value is -2.57. The van der Waals surface area contributed by atoms with E-state index < -0.39 is 23.5 Å². The van der Waals surface area contributed by atoms with E-state index in [4.69, 9.17) is 5.11 Å². The average molecular weight is 299 g/mol. The normalized spacial score (nSPS) is 11.2. The first-order valence-corrected chi connectivity index (χ1v) is 5.75. The lowest BCUT2D eigenvalue weighted by Crippen LogP contribution is -2.09. The Morgan fingerprint density at radius 1 is 1.05 bits per heavy atom. The van der Waals surface area contributed by atoms with E-state index in [-0.39, 0.29) is 16.9 Å². The third kappa shape index (κ3) is 3.31. The summed E-state index contributed by atoms with van der Waals surface area (Å²) in [4.78, 5) is 10.7. The van der Waals surface area contributed by atoms with E-state index in [1.54, 1.807) is 0 Å². The summed E-state index contributed by atoms with van der Waals surface area (Å²) in [6.45, 7) is 0. The molecule has 7 heteroatoms. The van der Waals surface area contributed by atoms with Crippen molar-refractivity contribution in [1.29, 1.82) is 0 Å². The lowest BCUT2D eigenvalue weighted by atomic mass is 10.1. The first-order valence-electron chi connectivity index (χ1n) is 5.75. The first-order chi connectivity index (χ1) is 9.79. The van der Waals surface area contributed by atoms with Crippen LogP contribution in [-0.4, -0.2) is 11.1 Å². The van der Waals surface area contributed by atoms with Gasteiger partial charge in [0.15, 0.2) is 0 Å². The highest BCUT2D eigenvalue weighted by Gasteiger charge is 2.33. The summed E-state index contributed by atoms with van der Waals surface area (Å²) in [5.41, 5.74) is -1.78. The molecule has 0 aliphatic rings. The average Bonchev–Trinajstić information content (AvgIpc) is 2.40. The van der Waals surface area contributed by atoms with E-state index in [0.29, 0.717) is 0 Å². The van der Waals surface area contributed by atoms with Gasteiger partial charge in [-0.1, -0.05) is 12.1 Å². The van der Waals surface area contributed by atoms with Crippen LogP contribution in [0.2, 0.25) is 0 Å². The third-order valence-electron chi connectivity index (χ3n) is 2.72. The van der Waals surface area contributed by atoms with Crippen LogP contribution >= 0.6 is 0 Å². The largest absolute Gasteiger partial charge is 0.478 e. The number of anilines is 2. The van der Waals surface area contributed by atoms with Crippen molar-refractivity contribution in [2.45, 2.75) is 6.18 Å². The van der Waals surface area contributed by atoms with Crippen LogP contribution in [0.15, 0.2) is 42.5 Å². The summed E-state index contributed by atoms with van der Waals surface area (Å²) in [5, 5.41) is 11.0. The van der Waals surface area contributed by atoms with Crippen LogP contribution < -0.4 is 5.32 Å². The van der Waals surface area contributed by atoms with E-state index >= 15 is 0 Å². The van der Waals surface area contributed by atoms with E-state index in [0.717, 1.165) is 30.3 Å². The van der Waals surface area contributed by atoms with Crippen molar-refractivity contribution in [3.8, 4) is 0 Å². The standard InChI is InChI=1S/C14H9F4NO2/c15-10-7-8(13(20)21)5-6-12(10)19-11-4-2-1-3-9(11)14(16,17)18/h1-7,19H,(H,20,21). The summed E-state index contributed by atoms with van der Waals surface area (Å²) in [5.74, 6) is -2.27. The quantitative estimate of drug-likeness (QED) is 0.831. The smallest absolute Gasteiger partial charge is 0.418 e. The molecule has 21 heavy (non-hydrogen) atoms. The number of nitrogens with one attached hydrogen (secondary N) is 1. The predicted molar refractivity (Wildman–Crippen MR) is 68.1 cm³/mol.